The Morgan fingerprint density at radius 3 is 2.85 bits per heavy atom. The highest BCUT2D eigenvalue weighted by Crippen LogP contribution is 1.96. The van der Waals surface area contributed by atoms with Gasteiger partial charge >= 0.3 is 5.97 Å². The maximum atomic E-state index is 10.9. The lowest BCUT2D eigenvalue weighted by Crippen LogP contribution is -2.24. The van der Waals surface area contributed by atoms with E-state index in [4.69, 9.17) is 9.94 Å². The molecule has 0 rings (SSSR count). The van der Waals surface area contributed by atoms with E-state index >= 15 is 0 Å². The summed E-state index contributed by atoms with van der Waals surface area (Å²) in [5.41, 5.74) is 0. The Balaban J connectivity index is 3.26. The van der Waals surface area contributed by atoms with Gasteiger partial charge in [0.15, 0.2) is 0 Å². The smallest absolute Gasteiger partial charge is 0.305 e. The summed E-state index contributed by atoms with van der Waals surface area (Å²) in [5.74, 6) is -0.179. The van der Waals surface area contributed by atoms with E-state index in [9.17, 15) is 4.79 Å². The number of carbonyl (C=O) groups excluding carboxylic acids is 1. The van der Waals surface area contributed by atoms with Crippen LogP contribution in [0.25, 0.3) is 0 Å². The summed E-state index contributed by atoms with van der Waals surface area (Å²) in [6.45, 7) is 3.03. The molecule has 0 aliphatic heterocycles. The van der Waals surface area contributed by atoms with Crippen molar-refractivity contribution < 1.29 is 14.7 Å². The molecule has 0 aliphatic rings. The first-order valence-corrected chi connectivity index (χ1v) is 5.88. The van der Waals surface area contributed by atoms with Crippen LogP contribution in [-0.4, -0.2) is 40.4 Å². The molecule has 4 nitrogen and oxygen atoms in total. The maximum Gasteiger partial charge on any atom is 0.305 e. The van der Waals surface area contributed by atoms with Gasteiger partial charge in [-0.1, -0.05) is 29.5 Å². The number of carbonyl (C=O) groups is 1. The van der Waals surface area contributed by atoms with Crippen LogP contribution in [0.3, 0.4) is 0 Å². The van der Waals surface area contributed by atoms with Gasteiger partial charge in [-0.25, -0.2) is 0 Å². The number of ether oxygens (including phenoxy) is 1. The topological polar surface area (TPSA) is 49.8 Å². The zero-order chi connectivity index (χ0) is 10.1. The predicted molar refractivity (Wildman–Crippen MR) is 58.1 cm³/mol. The van der Waals surface area contributed by atoms with E-state index in [0.29, 0.717) is 19.5 Å². The Kier molecular flexibility index (Phi) is 8.79. The normalized spacial score (nSPS) is 10.5. The molecular formula is C8H16INO3. The summed E-state index contributed by atoms with van der Waals surface area (Å²) in [4.78, 5) is 10.9. The third-order valence-electron chi connectivity index (χ3n) is 1.49. The van der Waals surface area contributed by atoms with Crippen molar-refractivity contribution in [2.45, 2.75) is 19.8 Å². The molecular weight excluding hydrogens is 285 g/mol. The van der Waals surface area contributed by atoms with Crippen LogP contribution in [0.4, 0.5) is 0 Å². The lowest BCUT2D eigenvalue weighted by atomic mass is 10.3. The van der Waals surface area contributed by atoms with Crippen LogP contribution in [0.5, 0.6) is 0 Å². The van der Waals surface area contributed by atoms with Crippen LogP contribution >= 0.6 is 22.6 Å². The van der Waals surface area contributed by atoms with Gasteiger partial charge in [0.2, 0.25) is 0 Å². The lowest BCUT2D eigenvalue weighted by molar-refractivity contribution is -0.148. The third kappa shape index (κ3) is 8.45. The van der Waals surface area contributed by atoms with Crippen LogP contribution in [0.1, 0.15) is 19.8 Å². The van der Waals surface area contributed by atoms with Crippen molar-refractivity contribution in [1.29, 1.82) is 0 Å². The van der Waals surface area contributed by atoms with Crippen LogP contribution in [-0.2, 0) is 9.53 Å². The number of hydrogen-bond donors (Lipinski definition) is 1. The molecule has 5 heteroatoms. The standard InChI is InChI=1S/C8H16INO3/c1-2-10(12)6-7-13-8(11)4-3-5-9/h12H,2-7H2,1H3. The van der Waals surface area contributed by atoms with E-state index in [0.717, 1.165) is 15.9 Å². The van der Waals surface area contributed by atoms with E-state index in [2.05, 4.69) is 22.6 Å². The minimum atomic E-state index is -0.179. The molecule has 0 aromatic carbocycles. The molecule has 0 aliphatic carbocycles. The number of likely N-dealkylation sites (N-methyl/N-ethyl adjacent to an activating group) is 1. The Morgan fingerprint density at radius 1 is 1.62 bits per heavy atom. The summed E-state index contributed by atoms with van der Waals surface area (Å²) in [6, 6.07) is 0. The molecule has 13 heavy (non-hydrogen) atoms. The number of hydroxylamine groups is 2. The molecule has 0 unspecified atom stereocenters. The highest BCUT2D eigenvalue weighted by Gasteiger charge is 2.02. The fraction of sp³-hybridized carbons (Fsp3) is 0.875. The van der Waals surface area contributed by atoms with Crippen molar-refractivity contribution in [3.63, 3.8) is 0 Å². The van der Waals surface area contributed by atoms with Gasteiger partial charge in [0.1, 0.15) is 6.61 Å². The predicted octanol–water partition coefficient (Wildman–Crippen LogP) is 1.46. The lowest BCUT2D eigenvalue weighted by Gasteiger charge is -2.11. The zero-order valence-corrected chi connectivity index (χ0v) is 9.99. The number of rotatable bonds is 7. The number of nitrogens with zero attached hydrogens (tertiary/aromatic N) is 1. The molecule has 0 amide bonds. The second kappa shape index (κ2) is 8.71. The van der Waals surface area contributed by atoms with Crippen molar-refractivity contribution in [2.24, 2.45) is 0 Å². The molecule has 0 fully saturated rings. The van der Waals surface area contributed by atoms with Gasteiger partial charge in [0, 0.05) is 17.4 Å². The van der Waals surface area contributed by atoms with Gasteiger partial charge in [-0.05, 0) is 6.42 Å². The van der Waals surface area contributed by atoms with Crippen LogP contribution in [0, 0.1) is 0 Å². The molecule has 1 N–H and O–H groups in total. The average molecular weight is 301 g/mol. The Bertz CT molecular complexity index is 143. The number of esters is 1. The quantitative estimate of drug-likeness (QED) is 0.335. The minimum Gasteiger partial charge on any atom is -0.464 e. The molecule has 0 heterocycles. The second-order valence-corrected chi connectivity index (χ2v) is 3.64. The molecule has 0 atom stereocenters. The molecule has 0 spiro atoms. The van der Waals surface area contributed by atoms with Gasteiger partial charge in [-0.3, -0.25) is 4.79 Å². The molecule has 0 aromatic rings. The Labute approximate surface area is 92.3 Å². The molecule has 0 saturated heterocycles. The first-order valence-electron chi connectivity index (χ1n) is 4.36. The minimum absolute atomic E-state index is 0.179. The van der Waals surface area contributed by atoms with Crippen molar-refractivity contribution in [3.8, 4) is 0 Å². The highest BCUT2D eigenvalue weighted by molar-refractivity contribution is 14.1. The van der Waals surface area contributed by atoms with Gasteiger partial charge in [-0.2, -0.15) is 5.06 Å². The first kappa shape index (κ1) is 13.1. The second-order valence-electron chi connectivity index (χ2n) is 2.56. The van der Waals surface area contributed by atoms with Crippen molar-refractivity contribution in [1.82, 2.24) is 5.06 Å². The van der Waals surface area contributed by atoms with Gasteiger partial charge in [-0.15, -0.1) is 0 Å². The summed E-state index contributed by atoms with van der Waals surface area (Å²) in [7, 11) is 0. The zero-order valence-electron chi connectivity index (χ0n) is 7.83. The van der Waals surface area contributed by atoms with E-state index in [1.165, 1.54) is 0 Å². The van der Waals surface area contributed by atoms with E-state index < -0.39 is 0 Å². The summed E-state index contributed by atoms with van der Waals surface area (Å²) < 4.78 is 5.84. The van der Waals surface area contributed by atoms with E-state index in [1.54, 1.807) is 0 Å². The monoisotopic (exact) mass is 301 g/mol. The van der Waals surface area contributed by atoms with E-state index in [1.807, 2.05) is 6.92 Å². The van der Waals surface area contributed by atoms with Gasteiger partial charge in [0.25, 0.3) is 0 Å². The molecule has 0 aromatic heterocycles. The average Bonchev–Trinajstić information content (AvgIpc) is 2.14. The Hall–Kier alpha value is 0.120. The molecule has 0 radical (unpaired) electrons. The summed E-state index contributed by atoms with van der Waals surface area (Å²) in [6.07, 6.45) is 1.33. The fourth-order valence-corrected chi connectivity index (χ4v) is 1.09. The summed E-state index contributed by atoms with van der Waals surface area (Å²) in [5, 5.41) is 10.1. The highest BCUT2D eigenvalue weighted by atomic mass is 127. The largest absolute Gasteiger partial charge is 0.464 e. The summed E-state index contributed by atoms with van der Waals surface area (Å²) >= 11 is 2.22. The fourth-order valence-electron chi connectivity index (χ4n) is 0.706. The maximum absolute atomic E-state index is 10.9. The number of alkyl halides is 1. The number of halogens is 1. The van der Waals surface area contributed by atoms with Crippen LogP contribution < -0.4 is 0 Å². The third-order valence-corrected chi connectivity index (χ3v) is 2.25. The van der Waals surface area contributed by atoms with Gasteiger partial charge in [0.05, 0.1) is 6.54 Å². The van der Waals surface area contributed by atoms with Crippen molar-refractivity contribution in [2.75, 3.05) is 24.1 Å². The van der Waals surface area contributed by atoms with Crippen LogP contribution in [0.15, 0.2) is 0 Å². The van der Waals surface area contributed by atoms with E-state index in [-0.39, 0.29) is 12.6 Å². The molecule has 0 bridgehead atoms. The number of hydrogen-bond acceptors (Lipinski definition) is 4. The molecule has 0 saturated carbocycles. The molecule has 78 valence electrons. The Morgan fingerprint density at radius 2 is 2.31 bits per heavy atom. The SMILES string of the molecule is CCN(O)CCOC(=O)CCCI. The van der Waals surface area contributed by atoms with Crippen LogP contribution in [0.2, 0.25) is 0 Å². The first-order chi connectivity index (χ1) is 6.20. The van der Waals surface area contributed by atoms with Gasteiger partial charge < -0.3 is 9.94 Å². The van der Waals surface area contributed by atoms with Crippen molar-refractivity contribution in [3.05, 3.63) is 0 Å². The van der Waals surface area contributed by atoms with Crippen molar-refractivity contribution >= 4 is 28.6 Å².